The Kier molecular flexibility index (Phi) is 3.85. The Labute approximate surface area is 104 Å². The normalized spacial score (nSPS) is 20.9. The zero-order valence-electron chi connectivity index (χ0n) is 10.8. The maximum atomic E-state index is 10.5. The first-order chi connectivity index (χ1) is 8.13. The van der Waals surface area contributed by atoms with Gasteiger partial charge in [0, 0.05) is 12.6 Å². The standard InChI is InChI=1S/C15H23NO/c1-3-14(12-9-10-12)16-11-15(2,17)13-7-5-4-6-8-13/h4-8,12,14,16-17H,3,9-11H2,1-2H3. The van der Waals surface area contributed by atoms with Crippen molar-refractivity contribution in [1.29, 1.82) is 0 Å². The number of benzene rings is 1. The summed E-state index contributed by atoms with van der Waals surface area (Å²) in [7, 11) is 0. The molecule has 0 bridgehead atoms. The molecule has 2 heteroatoms. The molecular weight excluding hydrogens is 210 g/mol. The van der Waals surface area contributed by atoms with E-state index in [9.17, 15) is 5.11 Å². The second-order valence-corrected chi connectivity index (χ2v) is 5.37. The van der Waals surface area contributed by atoms with Crippen LogP contribution in [0, 0.1) is 5.92 Å². The van der Waals surface area contributed by atoms with E-state index in [4.69, 9.17) is 0 Å². The first kappa shape index (κ1) is 12.6. The Morgan fingerprint density at radius 3 is 2.53 bits per heavy atom. The van der Waals surface area contributed by atoms with Crippen LogP contribution in [0.15, 0.2) is 30.3 Å². The molecule has 0 amide bonds. The first-order valence-corrected chi connectivity index (χ1v) is 6.65. The summed E-state index contributed by atoms with van der Waals surface area (Å²) < 4.78 is 0. The van der Waals surface area contributed by atoms with Crippen molar-refractivity contribution in [3.8, 4) is 0 Å². The van der Waals surface area contributed by atoms with Crippen molar-refractivity contribution in [1.82, 2.24) is 5.32 Å². The second-order valence-electron chi connectivity index (χ2n) is 5.37. The maximum absolute atomic E-state index is 10.5. The van der Waals surface area contributed by atoms with Gasteiger partial charge in [0.2, 0.25) is 0 Å². The third kappa shape index (κ3) is 3.30. The Balaban J connectivity index is 1.92. The van der Waals surface area contributed by atoms with Gasteiger partial charge in [-0.2, -0.15) is 0 Å². The summed E-state index contributed by atoms with van der Waals surface area (Å²) in [5.74, 6) is 0.839. The highest BCUT2D eigenvalue weighted by Crippen LogP contribution is 2.34. The van der Waals surface area contributed by atoms with Crippen molar-refractivity contribution in [3.05, 3.63) is 35.9 Å². The van der Waals surface area contributed by atoms with Gasteiger partial charge in [-0.25, -0.2) is 0 Å². The average molecular weight is 233 g/mol. The number of aliphatic hydroxyl groups is 1. The van der Waals surface area contributed by atoms with Gasteiger partial charge in [0.25, 0.3) is 0 Å². The summed E-state index contributed by atoms with van der Waals surface area (Å²) in [5, 5.41) is 14.0. The second kappa shape index (κ2) is 5.19. The molecular formula is C15H23NO. The molecule has 0 saturated heterocycles. The van der Waals surface area contributed by atoms with Crippen LogP contribution in [0.4, 0.5) is 0 Å². The van der Waals surface area contributed by atoms with E-state index in [1.807, 2.05) is 37.3 Å². The topological polar surface area (TPSA) is 32.3 Å². The number of hydrogen-bond donors (Lipinski definition) is 2. The van der Waals surface area contributed by atoms with Gasteiger partial charge in [0.1, 0.15) is 0 Å². The van der Waals surface area contributed by atoms with Crippen molar-refractivity contribution < 1.29 is 5.11 Å². The minimum Gasteiger partial charge on any atom is -0.384 e. The summed E-state index contributed by atoms with van der Waals surface area (Å²) in [5.41, 5.74) is 0.210. The monoisotopic (exact) mass is 233 g/mol. The summed E-state index contributed by atoms with van der Waals surface area (Å²) in [6, 6.07) is 10.5. The fraction of sp³-hybridized carbons (Fsp3) is 0.600. The van der Waals surface area contributed by atoms with E-state index in [1.54, 1.807) is 0 Å². The highest BCUT2D eigenvalue weighted by atomic mass is 16.3. The molecule has 94 valence electrons. The van der Waals surface area contributed by atoms with Crippen molar-refractivity contribution in [2.75, 3.05) is 6.54 Å². The molecule has 2 rings (SSSR count). The van der Waals surface area contributed by atoms with E-state index in [2.05, 4.69) is 12.2 Å². The summed E-state index contributed by atoms with van der Waals surface area (Å²) in [6.45, 7) is 4.73. The van der Waals surface area contributed by atoms with Crippen LogP contribution in [-0.2, 0) is 5.60 Å². The van der Waals surface area contributed by atoms with Crippen LogP contribution >= 0.6 is 0 Å². The summed E-state index contributed by atoms with van der Waals surface area (Å²) >= 11 is 0. The summed E-state index contributed by atoms with van der Waals surface area (Å²) in [4.78, 5) is 0. The molecule has 2 unspecified atom stereocenters. The fourth-order valence-electron chi connectivity index (χ4n) is 2.37. The van der Waals surface area contributed by atoms with Gasteiger partial charge in [-0.3, -0.25) is 0 Å². The minimum absolute atomic E-state index is 0.574. The minimum atomic E-state index is -0.774. The van der Waals surface area contributed by atoms with Gasteiger partial charge < -0.3 is 10.4 Å². The van der Waals surface area contributed by atoms with Gasteiger partial charge in [-0.05, 0) is 37.7 Å². The highest BCUT2D eigenvalue weighted by molar-refractivity contribution is 5.21. The SMILES string of the molecule is CCC(NCC(C)(O)c1ccccc1)C1CC1. The van der Waals surface area contributed by atoms with Crippen LogP contribution in [0.3, 0.4) is 0 Å². The Hall–Kier alpha value is -0.860. The predicted molar refractivity (Wildman–Crippen MR) is 70.8 cm³/mol. The fourth-order valence-corrected chi connectivity index (χ4v) is 2.37. The third-order valence-corrected chi connectivity index (χ3v) is 3.74. The number of rotatable bonds is 6. The van der Waals surface area contributed by atoms with Gasteiger partial charge in [-0.15, -0.1) is 0 Å². The average Bonchev–Trinajstić information content (AvgIpc) is 3.15. The van der Waals surface area contributed by atoms with Crippen molar-refractivity contribution in [2.45, 2.75) is 44.8 Å². The van der Waals surface area contributed by atoms with Crippen LogP contribution in [0.25, 0.3) is 0 Å². The maximum Gasteiger partial charge on any atom is 0.0992 e. The Bertz CT molecular complexity index is 343. The summed E-state index contributed by atoms with van der Waals surface area (Å²) in [6.07, 6.45) is 3.84. The van der Waals surface area contributed by atoms with Crippen LogP contribution < -0.4 is 5.32 Å². The molecule has 0 radical (unpaired) electrons. The van der Waals surface area contributed by atoms with E-state index >= 15 is 0 Å². The lowest BCUT2D eigenvalue weighted by molar-refractivity contribution is 0.0528. The van der Waals surface area contributed by atoms with E-state index in [0.29, 0.717) is 12.6 Å². The quantitative estimate of drug-likeness (QED) is 0.791. The van der Waals surface area contributed by atoms with Crippen LogP contribution in [-0.4, -0.2) is 17.7 Å². The molecule has 0 aliphatic heterocycles. The number of hydrogen-bond acceptors (Lipinski definition) is 2. The van der Waals surface area contributed by atoms with Gasteiger partial charge in [0.05, 0.1) is 5.60 Å². The van der Waals surface area contributed by atoms with Crippen LogP contribution in [0.1, 0.15) is 38.7 Å². The van der Waals surface area contributed by atoms with Crippen molar-refractivity contribution >= 4 is 0 Å². The van der Waals surface area contributed by atoms with E-state index in [1.165, 1.54) is 12.8 Å². The molecule has 1 fully saturated rings. The van der Waals surface area contributed by atoms with Crippen molar-refractivity contribution in [3.63, 3.8) is 0 Å². The van der Waals surface area contributed by atoms with Gasteiger partial charge in [0.15, 0.2) is 0 Å². The van der Waals surface area contributed by atoms with E-state index in [-0.39, 0.29) is 0 Å². The lowest BCUT2D eigenvalue weighted by Crippen LogP contribution is -2.41. The molecule has 1 aliphatic rings. The zero-order chi connectivity index (χ0) is 12.3. The molecule has 2 atom stereocenters. The number of nitrogens with one attached hydrogen (secondary N) is 1. The molecule has 1 aromatic rings. The lowest BCUT2D eigenvalue weighted by Gasteiger charge is -2.27. The van der Waals surface area contributed by atoms with Gasteiger partial charge >= 0.3 is 0 Å². The molecule has 0 aromatic heterocycles. The molecule has 2 nitrogen and oxygen atoms in total. The first-order valence-electron chi connectivity index (χ1n) is 6.65. The molecule has 0 heterocycles. The zero-order valence-corrected chi connectivity index (χ0v) is 10.8. The van der Waals surface area contributed by atoms with Crippen LogP contribution in [0.2, 0.25) is 0 Å². The highest BCUT2D eigenvalue weighted by Gasteiger charge is 2.31. The molecule has 17 heavy (non-hydrogen) atoms. The predicted octanol–water partition coefficient (Wildman–Crippen LogP) is 2.67. The molecule has 2 N–H and O–H groups in total. The molecule has 1 aliphatic carbocycles. The molecule has 1 saturated carbocycles. The molecule has 0 spiro atoms. The Morgan fingerprint density at radius 2 is 2.00 bits per heavy atom. The largest absolute Gasteiger partial charge is 0.384 e. The Morgan fingerprint density at radius 1 is 1.35 bits per heavy atom. The smallest absolute Gasteiger partial charge is 0.0992 e. The lowest BCUT2D eigenvalue weighted by atomic mass is 9.95. The van der Waals surface area contributed by atoms with Gasteiger partial charge in [-0.1, -0.05) is 37.3 Å². The molecule has 1 aromatic carbocycles. The van der Waals surface area contributed by atoms with E-state index in [0.717, 1.165) is 17.9 Å². The van der Waals surface area contributed by atoms with Crippen LogP contribution in [0.5, 0.6) is 0 Å². The third-order valence-electron chi connectivity index (χ3n) is 3.74. The van der Waals surface area contributed by atoms with Crippen molar-refractivity contribution in [2.24, 2.45) is 5.92 Å². The van der Waals surface area contributed by atoms with E-state index < -0.39 is 5.60 Å².